The lowest BCUT2D eigenvalue weighted by Crippen LogP contribution is -2.53. The molecule has 1 heterocycles. The zero-order chi connectivity index (χ0) is 13.7. The Morgan fingerprint density at radius 3 is 2.20 bits per heavy atom. The molecule has 5 aliphatic rings. The van der Waals surface area contributed by atoms with Crippen molar-refractivity contribution in [3.05, 3.63) is 0 Å². The van der Waals surface area contributed by atoms with Crippen LogP contribution in [-0.4, -0.2) is 31.1 Å². The van der Waals surface area contributed by atoms with E-state index in [0.29, 0.717) is 5.41 Å². The first-order valence-corrected chi connectivity index (χ1v) is 9.08. The third-order valence-electron chi connectivity index (χ3n) is 7.22. The highest BCUT2D eigenvalue weighted by atomic mass is 15.1. The number of nitrogens with two attached hydrogens (primary N) is 1. The van der Waals surface area contributed by atoms with E-state index in [2.05, 4.69) is 11.8 Å². The molecule has 0 radical (unpaired) electrons. The van der Waals surface area contributed by atoms with Crippen LogP contribution in [-0.2, 0) is 0 Å². The van der Waals surface area contributed by atoms with Crippen molar-refractivity contribution >= 4 is 0 Å². The van der Waals surface area contributed by atoms with E-state index in [1.165, 1.54) is 26.1 Å². The lowest BCUT2D eigenvalue weighted by molar-refractivity contribution is -0.0752. The van der Waals surface area contributed by atoms with Gasteiger partial charge in [-0.3, -0.25) is 0 Å². The zero-order valence-corrected chi connectivity index (χ0v) is 13.2. The molecule has 0 aromatic heterocycles. The predicted octanol–water partition coefficient (Wildman–Crippen LogP) is 3.12. The van der Waals surface area contributed by atoms with Crippen molar-refractivity contribution in [3.63, 3.8) is 0 Å². The van der Waals surface area contributed by atoms with Crippen molar-refractivity contribution in [2.75, 3.05) is 26.2 Å². The molecule has 1 aliphatic heterocycles. The summed E-state index contributed by atoms with van der Waals surface area (Å²) in [5.41, 5.74) is 6.71. The lowest BCUT2D eigenvalue weighted by atomic mass is 9.49. The van der Waals surface area contributed by atoms with Gasteiger partial charge in [-0.1, -0.05) is 6.92 Å². The number of piperidine rings is 1. The van der Waals surface area contributed by atoms with Crippen LogP contribution in [0.25, 0.3) is 0 Å². The van der Waals surface area contributed by atoms with E-state index in [4.69, 9.17) is 5.73 Å². The molecule has 20 heavy (non-hydrogen) atoms. The molecule has 2 N–H and O–H groups in total. The van der Waals surface area contributed by atoms with Crippen LogP contribution in [0.5, 0.6) is 0 Å². The normalized spacial score (nSPS) is 51.6. The molecule has 5 rings (SSSR count). The second-order valence-electron chi connectivity index (χ2n) is 8.91. The van der Waals surface area contributed by atoms with Gasteiger partial charge in [0.2, 0.25) is 0 Å². The van der Waals surface area contributed by atoms with Gasteiger partial charge >= 0.3 is 0 Å². The fourth-order valence-corrected chi connectivity index (χ4v) is 6.63. The molecule has 114 valence electrons. The number of hydrogen-bond acceptors (Lipinski definition) is 2. The molecule has 2 atom stereocenters. The maximum atomic E-state index is 5.99. The van der Waals surface area contributed by atoms with Gasteiger partial charge in [-0.05, 0) is 93.0 Å². The summed E-state index contributed by atoms with van der Waals surface area (Å²) in [6.07, 6.45) is 10.7. The Hall–Kier alpha value is -0.0800. The summed E-state index contributed by atoms with van der Waals surface area (Å²) in [5.74, 6) is 4.87. The Kier molecular flexibility index (Phi) is 3.38. The second kappa shape index (κ2) is 4.98. The number of nitrogens with zero attached hydrogens (tertiary/aromatic N) is 1. The van der Waals surface area contributed by atoms with Crippen molar-refractivity contribution in [2.45, 2.75) is 51.9 Å². The summed E-state index contributed by atoms with van der Waals surface area (Å²) in [6.45, 7) is 7.30. The zero-order valence-electron chi connectivity index (χ0n) is 13.2. The largest absolute Gasteiger partial charge is 0.330 e. The molecule has 4 saturated carbocycles. The third kappa shape index (κ3) is 2.33. The summed E-state index contributed by atoms with van der Waals surface area (Å²) in [6, 6.07) is 0. The van der Waals surface area contributed by atoms with Crippen molar-refractivity contribution < 1.29 is 0 Å². The van der Waals surface area contributed by atoms with Crippen LogP contribution >= 0.6 is 0 Å². The molecule has 0 aromatic rings. The van der Waals surface area contributed by atoms with Crippen LogP contribution in [0.2, 0.25) is 0 Å². The molecule has 0 aromatic carbocycles. The van der Waals surface area contributed by atoms with E-state index < -0.39 is 0 Å². The number of rotatable bonds is 3. The molecule has 4 bridgehead atoms. The van der Waals surface area contributed by atoms with Gasteiger partial charge in [0.25, 0.3) is 0 Å². The second-order valence-corrected chi connectivity index (χ2v) is 8.91. The summed E-state index contributed by atoms with van der Waals surface area (Å²) in [7, 11) is 0. The molecule has 2 nitrogen and oxygen atoms in total. The van der Waals surface area contributed by atoms with Crippen LogP contribution in [0.3, 0.4) is 0 Å². The minimum atomic E-state index is 0.717. The molecule has 4 aliphatic carbocycles. The SMILES string of the molecule is CC1CCN(CC23CC4CC(CC(C4)C2)C3)CC1CN. The molecule has 2 unspecified atom stereocenters. The molecule has 5 fully saturated rings. The highest BCUT2D eigenvalue weighted by Crippen LogP contribution is 2.60. The molecular weight excluding hydrogens is 244 g/mol. The van der Waals surface area contributed by atoms with E-state index >= 15 is 0 Å². The van der Waals surface area contributed by atoms with Crippen molar-refractivity contribution in [3.8, 4) is 0 Å². The van der Waals surface area contributed by atoms with Crippen LogP contribution in [0.15, 0.2) is 0 Å². The fraction of sp³-hybridized carbons (Fsp3) is 1.00. The van der Waals surface area contributed by atoms with Gasteiger partial charge in [0.1, 0.15) is 0 Å². The maximum Gasteiger partial charge on any atom is 0.00384 e. The summed E-state index contributed by atoms with van der Waals surface area (Å²) < 4.78 is 0. The number of hydrogen-bond donors (Lipinski definition) is 1. The Balaban J connectivity index is 1.44. The van der Waals surface area contributed by atoms with Gasteiger partial charge < -0.3 is 10.6 Å². The summed E-state index contributed by atoms with van der Waals surface area (Å²) in [4.78, 5) is 2.80. The smallest absolute Gasteiger partial charge is 0.00384 e. The first-order chi connectivity index (χ1) is 9.66. The minimum absolute atomic E-state index is 0.717. The molecule has 0 amide bonds. The Morgan fingerprint density at radius 1 is 1.05 bits per heavy atom. The Morgan fingerprint density at radius 2 is 1.65 bits per heavy atom. The van der Waals surface area contributed by atoms with Gasteiger partial charge in [-0.15, -0.1) is 0 Å². The van der Waals surface area contributed by atoms with Crippen LogP contribution in [0, 0.1) is 35.0 Å². The van der Waals surface area contributed by atoms with E-state index in [1.54, 1.807) is 38.5 Å². The van der Waals surface area contributed by atoms with Gasteiger partial charge in [0.05, 0.1) is 0 Å². The molecule has 2 heteroatoms. The molecule has 0 spiro atoms. The first kappa shape index (κ1) is 13.6. The van der Waals surface area contributed by atoms with Crippen molar-refractivity contribution in [1.29, 1.82) is 0 Å². The van der Waals surface area contributed by atoms with Crippen LogP contribution < -0.4 is 5.73 Å². The third-order valence-corrected chi connectivity index (χ3v) is 7.22. The molecular formula is C18H32N2. The van der Waals surface area contributed by atoms with Crippen molar-refractivity contribution in [2.24, 2.45) is 40.7 Å². The fourth-order valence-electron chi connectivity index (χ4n) is 6.63. The highest BCUT2D eigenvalue weighted by molar-refractivity contribution is 5.03. The van der Waals surface area contributed by atoms with E-state index in [0.717, 1.165) is 36.1 Å². The Bertz CT molecular complexity index is 329. The highest BCUT2D eigenvalue weighted by Gasteiger charge is 2.51. The van der Waals surface area contributed by atoms with Gasteiger partial charge in [0, 0.05) is 13.1 Å². The monoisotopic (exact) mass is 276 g/mol. The predicted molar refractivity (Wildman–Crippen MR) is 83.4 cm³/mol. The number of likely N-dealkylation sites (tertiary alicyclic amines) is 1. The van der Waals surface area contributed by atoms with Crippen LogP contribution in [0.1, 0.15) is 51.9 Å². The van der Waals surface area contributed by atoms with Gasteiger partial charge in [0.15, 0.2) is 0 Å². The van der Waals surface area contributed by atoms with E-state index in [9.17, 15) is 0 Å². The quantitative estimate of drug-likeness (QED) is 0.858. The minimum Gasteiger partial charge on any atom is -0.330 e. The average molecular weight is 276 g/mol. The standard InChI is InChI=1S/C18H32N2/c1-13-2-3-20(11-17(13)10-19)12-18-7-14-4-15(8-18)6-16(5-14)9-18/h13-17H,2-12,19H2,1H3. The van der Waals surface area contributed by atoms with Gasteiger partial charge in [-0.2, -0.15) is 0 Å². The first-order valence-electron chi connectivity index (χ1n) is 9.08. The topological polar surface area (TPSA) is 29.3 Å². The van der Waals surface area contributed by atoms with Crippen molar-refractivity contribution in [1.82, 2.24) is 4.90 Å². The molecule has 1 saturated heterocycles. The average Bonchev–Trinajstić information content (AvgIpc) is 2.39. The van der Waals surface area contributed by atoms with Gasteiger partial charge in [-0.25, -0.2) is 0 Å². The summed E-state index contributed by atoms with van der Waals surface area (Å²) >= 11 is 0. The Labute approximate surface area is 124 Å². The summed E-state index contributed by atoms with van der Waals surface area (Å²) in [5, 5.41) is 0. The van der Waals surface area contributed by atoms with E-state index in [1.807, 2.05) is 0 Å². The lowest BCUT2D eigenvalue weighted by Gasteiger charge is -2.58. The van der Waals surface area contributed by atoms with E-state index in [-0.39, 0.29) is 0 Å². The van der Waals surface area contributed by atoms with Crippen LogP contribution in [0.4, 0.5) is 0 Å². The maximum absolute atomic E-state index is 5.99.